The highest BCUT2D eigenvalue weighted by atomic mass is 15.2. The Morgan fingerprint density at radius 1 is 1.35 bits per heavy atom. The van der Waals surface area contributed by atoms with Crippen LogP contribution < -0.4 is 10.6 Å². The molecule has 1 atom stereocenters. The second-order valence-corrected chi connectivity index (χ2v) is 4.76. The molecule has 0 amide bonds. The first-order valence-electron chi connectivity index (χ1n) is 6.62. The zero-order valence-electron chi connectivity index (χ0n) is 11.0. The molecule has 1 aliphatic rings. The highest BCUT2D eigenvalue weighted by Gasteiger charge is 2.26. The topological polar surface area (TPSA) is 49.8 Å². The van der Waals surface area contributed by atoms with E-state index >= 15 is 0 Å². The average Bonchev–Trinajstić information content (AvgIpc) is 3.12. The molecular formula is C13H22N4. The maximum absolute atomic E-state index is 4.60. The molecule has 1 aromatic rings. The number of nitrogens with one attached hydrogen (secondary N) is 2. The molecule has 1 fully saturated rings. The van der Waals surface area contributed by atoms with E-state index in [1.54, 1.807) is 0 Å². The zero-order valence-corrected chi connectivity index (χ0v) is 11.0. The summed E-state index contributed by atoms with van der Waals surface area (Å²) in [6, 6.07) is 2.50. The molecule has 0 aliphatic heterocycles. The van der Waals surface area contributed by atoms with Crippen LogP contribution in [0.3, 0.4) is 0 Å². The molecule has 1 aliphatic carbocycles. The number of anilines is 2. The van der Waals surface area contributed by atoms with Crippen LogP contribution in [0.2, 0.25) is 0 Å². The van der Waals surface area contributed by atoms with Gasteiger partial charge in [-0.05, 0) is 33.1 Å². The minimum Gasteiger partial charge on any atom is -0.370 e. The first-order chi connectivity index (χ1) is 8.22. The minimum absolute atomic E-state index is 0.416. The van der Waals surface area contributed by atoms with E-state index < -0.39 is 0 Å². The summed E-state index contributed by atoms with van der Waals surface area (Å²) in [5, 5.41) is 6.62. The van der Waals surface area contributed by atoms with Crippen molar-refractivity contribution in [2.24, 2.45) is 0 Å². The maximum Gasteiger partial charge on any atom is 0.225 e. The van der Waals surface area contributed by atoms with E-state index in [0.717, 1.165) is 24.7 Å². The van der Waals surface area contributed by atoms with Crippen molar-refractivity contribution in [2.45, 2.75) is 52.0 Å². The molecule has 0 spiro atoms. The number of nitrogens with zero attached hydrogens (tertiary/aromatic N) is 2. The third kappa shape index (κ3) is 3.32. The SMILES string of the molecule is CCNc1cc(C2CC2)nc(N[C@H](C)CC)n1. The van der Waals surface area contributed by atoms with Crippen molar-refractivity contribution in [3.05, 3.63) is 11.8 Å². The number of rotatable bonds is 6. The second kappa shape index (κ2) is 5.34. The Balaban J connectivity index is 2.17. The van der Waals surface area contributed by atoms with E-state index in [2.05, 4.69) is 47.4 Å². The molecule has 4 heteroatoms. The summed E-state index contributed by atoms with van der Waals surface area (Å²) in [7, 11) is 0. The van der Waals surface area contributed by atoms with Gasteiger partial charge in [0.25, 0.3) is 0 Å². The van der Waals surface area contributed by atoms with Gasteiger partial charge in [-0.2, -0.15) is 4.98 Å². The molecule has 0 bridgehead atoms. The fraction of sp³-hybridized carbons (Fsp3) is 0.692. The standard InChI is InChI=1S/C13H22N4/c1-4-9(3)15-13-16-11(10-6-7-10)8-12(17-13)14-5-2/h8-10H,4-7H2,1-3H3,(H2,14,15,16,17)/t9-/m1/s1. The van der Waals surface area contributed by atoms with Gasteiger partial charge in [0, 0.05) is 24.6 Å². The Hall–Kier alpha value is -1.32. The summed E-state index contributed by atoms with van der Waals surface area (Å²) in [6.07, 6.45) is 3.62. The van der Waals surface area contributed by atoms with E-state index in [-0.39, 0.29) is 0 Å². The third-order valence-electron chi connectivity index (χ3n) is 3.09. The monoisotopic (exact) mass is 234 g/mol. The van der Waals surface area contributed by atoms with E-state index in [0.29, 0.717) is 12.0 Å². The summed E-state index contributed by atoms with van der Waals surface area (Å²) in [5.41, 5.74) is 1.18. The van der Waals surface area contributed by atoms with Gasteiger partial charge in [-0.25, -0.2) is 4.98 Å². The fourth-order valence-corrected chi connectivity index (χ4v) is 1.71. The van der Waals surface area contributed by atoms with Crippen LogP contribution >= 0.6 is 0 Å². The fourth-order valence-electron chi connectivity index (χ4n) is 1.71. The lowest BCUT2D eigenvalue weighted by atomic mass is 10.2. The maximum atomic E-state index is 4.60. The van der Waals surface area contributed by atoms with E-state index in [1.807, 2.05) is 0 Å². The van der Waals surface area contributed by atoms with E-state index in [9.17, 15) is 0 Å². The predicted octanol–water partition coefficient (Wildman–Crippen LogP) is 3.00. The third-order valence-corrected chi connectivity index (χ3v) is 3.09. The quantitative estimate of drug-likeness (QED) is 0.794. The Bertz CT molecular complexity index is 374. The average molecular weight is 234 g/mol. The lowest BCUT2D eigenvalue weighted by molar-refractivity contribution is 0.750. The summed E-state index contributed by atoms with van der Waals surface area (Å²) < 4.78 is 0. The molecule has 0 unspecified atom stereocenters. The van der Waals surface area contributed by atoms with Crippen molar-refractivity contribution < 1.29 is 0 Å². The van der Waals surface area contributed by atoms with Crippen molar-refractivity contribution >= 4 is 11.8 Å². The van der Waals surface area contributed by atoms with Crippen LogP contribution in [0.25, 0.3) is 0 Å². The van der Waals surface area contributed by atoms with Crippen LogP contribution in [0.5, 0.6) is 0 Å². The summed E-state index contributed by atoms with van der Waals surface area (Å²) in [6.45, 7) is 7.29. The van der Waals surface area contributed by atoms with Crippen LogP contribution in [-0.4, -0.2) is 22.6 Å². The van der Waals surface area contributed by atoms with Gasteiger partial charge in [0.15, 0.2) is 0 Å². The molecule has 17 heavy (non-hydrogen) atoms. The molecule has 2 rings (SSSR count). The van der Waals surface area contributed by atoms with Gasteiger partial charge < -0.3 is 10.6 Å². The molecule has 94 valence electrons. The first kappa shape index (κ1) is 12.1. The highest BCUT2D eigenvalue weighted by molar-refractivity contribution is 5.44. The molecule has 2 N–H and O–H groups in total. The molecule has 1 aromatic heterocycles. The summed E-state index contributed by atoms with van der Waals surface area (Å²) >= 11 is 0. The Morgan fingerprint density at radius 3 is 2.71 bits per heavy atom. The van der Waals surface area contributed by atoms with Crippen molar-refractivity contribution in [3.8, 4) is 0 Å². The minimum atomic E-state index is 0.416. The second-order valence-electron chi connectivity index (χ2n) is 4.76. The largest absolute Gasteiger partial charge is 0.370 e. The van der Waals surface area contributed by atoms with Crippen LogP contribution in [0.15, 0.2) is 6.07 Å². The van der Waals surface area contributed by atoms with E-state index in [1.165, 1.54) is 18.5 Å². The number of aromatic nitrogens is 2. The molecule has 0 saturated heterocycles. The van der Waals surface area contributed by atoms with Gasteiger partial charge in [0.1, 0.15) is 5.82 Å². The Morgan fingerprint density at radius 2 is 2.12 bits per heavy atom. The van der Waals surface area contributed by atoms with Crippen molar-refractivity contribution in [1.29, 1.82) is 0 Å². The lowest BCUT2D eigenvalue weighted by Crippen LogP contribution is -2.17. The van der Waals surface area contributed by atoms with Crippen molar-refractivity contribution in [2.75, 3.05) is 17.2 Å². The van der Waals surface area contributed by atoms with Gasteiger partial charge in [-0.15, -0.1) is 0 Å². The van der Waals surface area contributed by atoms with Crippen LogP contribution in [0.4, 0.5) is 11.8 Å². The van der Waals surface area contributed by atoms with Gasteiger partial charge >= 0.3 is 0 Å². The van der Waals surface area contributed by atoms with E-state index in [4.69, 9.17) is 0 Å². The zero-order chi connectivity index (χ0) is 12.3. The lowest BCUT2D eigenvalue weighted by Gasteiger charge is -2.13. The van der Waals surface area contributed by atoms with Gasteiger partial charge in [0.05, 0.1) is 5.69 Å². The number of hydrogen-bond acceptors (Lipinski definition) is 4. The highest BCUT2D eigenvalue weighted by Crippen LogP contribution is 2.39. The summed E-state index contributed by atoms with van der Waals surface area (Å²) in [4.78, 5) is 9.09. The predicted molar refractivity (Wildman–Crippen MR) is 71.5 cm³/mol. The smallest absolute Gasteiger partial charge is 0.225 e. The van der Waals surface area contributed by atoms with Crippen LogP contribution in [0, 0.1) is 0 Å². The Kier molecular flexibility index (Phi) is 3.82. The number of hydrogen-bond donors (Lipinski definition) is 2. The van der Waals surface area contributed by atoms with Crippen LogP contribution in [-0.2, 0) is 0 Å². The van der Waals surface area contributed by atoms with Crippen molar-refractivity contribution in [1.82, 2.24) is 9.97 Å². The first-order valence-corrected chi connectivity index (χ1v) is 6.62. The van der Waals surface area contributed by atoms with Gasteiger partial charge in [0.2, 0.25) is 5.95 Å². The van der Waals surface area contributed by atoms with Gasteiger partial charge in [-0.3, -0.25) is 0 Å². The molecule has 1 saturated carbocycles. The molecular weight excluding hydrogens is 212 g/mol. The summed E-state index contributed by atoms with van der Waals surface area (Å²) in [5.74, 6) is 2.36. The molecule has 0 radical (unpaired) electrons. The van der Waals surface area contributed by atoms with Gasteiger partial charge in [-0.1, -0.05) is 6.92 Å². The molecule has 0 aromatic carbocycles. The molecule has 1 heterocycles. The normalized spacial score (nSPS) is 16.6. The Labute approximate surface area is 103 Å². The van der Waals surface area contributed by atoms with Crippen molar-refractivity contribution in [3.63, 3.8) is 0 Å². The van der Waals surface area contributed by atoms with Crippen LogP contribution in [0.1, 0.15) is 51.6 Å². The molecule has 4 nitrogen and oxygen atoms in total.